The van der Waals surface area contributed by atoms with Crippen LogP contribution in [0, 0.1) is 0 Å². The summed E-state index contributed by atoms with van der Waals surface area (Å²) in [6, 6.07) is 6.00. The first-order valence-electron chi connectivity index (χ1n) is 6.01. The molecule has 1 aromatic rings. The van der Waals surface area contributed by atoms with E-state index in [9.17, 15) is 4.79 Å². The summed E-state index contributed by atoms with van der Waals surface area (Å²) in [6.07, 6.45) is 0.433. The molecule has 6 heteroatoms. The lowest BCUT2D eigenvalue weighted by atomic mass is 10.1. The number of piperazine rings is 1. The SMILES string of the molecule is C[C@@H]1CN(C(=O)Cc2ccc(Cl)c(Br)c2)CCN1.Cl. The molecule has 1 saturated heterocycles. The molecule has 0 spiro atoms. The van der Waals surface area contributed by atoms with Gasteiger partial charge in [0.15, 0.2) is 0 Å². The van der Waals surface area contributed by atoms with Crippen molar-refractivity contribution in [3.05, 3.63) is 33.3 Å². The fourth-order valence-corrected chi connectivity index (χ4v) is 2.64. The van der Waals surface area contributed by atoms with Crippen molar-refractivity contribution in [1.82, 2.24) is 10.2 Å². The number of halogens is 3. The molecule has 2 rings (SSSR count). The minimum atomic E-state index is 0. The summed E-state index contributed by atoms with van der Waals surface area (Å²) in [7, 11) is 0. The van der Waals surface area contributed by atoms with Crippen molar-refractivity contribution in [3.63, 3.8) is 0 Å². The highest BCUT2D eigenvalue weighted by molar-refractivity contribution is 9.10. The predicted octanol–water partition coefficient (Wildman–Crippen LogP) is 2.89. The first-order chi connectivity index (χ1) is 8.56. The smallest absolute Gasteiger partial charge is 0.227 e. The monoisotopic (exact) mass is 366 g/mol. The molecule has 3 nitrogen and oxygen atoms in total. The molecule has 0 aromatic heterocycles. The van der Waals surface area contributed by atoms with Crippen LogP contribution in [0.15, 0.2) is 22.7 Å². The van der Waals surface area contributed by atoms with Crippen LogP contribution in [0.1, 0.15) is 12.5 Å². The number of rotatable bonds is 2. The summed E-state index contributed by atoms with van der Waals surface area (Å²) in [5.74, 6) is 0.178. The Morgan fingerprint density at radius 3 is 2.95 bits per heavy atom. The van der Waals surface area contributed by atoms with E-state index < -0.39 is 0 Å². The quantitative estimate of drug-likeness (QED) is 0.871. The lowest BCUT2D eigenvalue weighted by Gasteiger charge is -2.32. The van der Waals surface area contributed by atoms with Crippen molar-refractivity contribution in [2.45, 2.75) is 19.4 Å². The van der Waals surface area contributed by atoms with Gasteiger partial charge in [-0.25, -0.2) is 0 Å². The Morgan fingerprint density at radius 1 is 1.58 bits per heavy atom. The maximum absolute atomic E-state index is 12.2. The zero-order chi connectivity index (χ0) is 13.1. The van der Waals surface area contributed by atoms with Crippen LogP contribution in [-0.4, -0.2) is 36.5 Å². The first-order valence-corrected chi connectivity index (χ1v) is 7.18. The summed E-state index contributed by atoms with van der Waals surface area (Å²) < 4.78 is 0.836. The molecule has 0 saturated carbocycles. The number of carbonyl (C=O) groups is 1. The highest BCUT2D eigenvalue weighted by Gasteiger charge is 2.20. The second-order valence-corrected chi connectivity index (χ2v) is 5.88. The van der Waals surface area contributed by atoms with Crippen molar-refractivity contribution < 1.29 is 4.79 Å². The topological polar surface area (TPSA) is 32.3 Å². The molecule has 1 aliphatic rings. The number of benzene rings is 1. The fraction of sp³-hybridized carbons (Fsp3) is 0.462. The van der Waals surface area contributed by atoms with Crippen LogP contribution < -0.4 is 5.32 Å². The molecule has 1 heterocycles. The van der Waals surface area contributed by atoms with Crippen molar-refractivity contribution in [2.24, 2.45) is 0 Å². The van der Waals surface area contributed by atoms with E-state index in [4.69, 9.17) is 11.6 Å². The number of nitrogens with one attached hydrogen (secondary N) is 1. The van der Waals surface area contributed by atoms with Crippen LogP contribution in [0.5, 0.6) is 0 Å². The van der Waals surface area contributed by atoms with Gasteiger partial charge >= 0.3 is 0 Å². The van der Waals surface area contributed by atoms with Gasteiger partial charge in [0.2, 0.25) is 5.91 Å². The summed E-state index contributed by atoms with van der Waals surface area (Å²) in [4.78, 5) is 14.1. The van der Waals surface area contributed by atoms with Crippen LogP contribution in [0.3, 0.4) is 0 Å². The highest BCUT2D eigenvalue weighted by Crippen LogP contribution is 2.23. The summed E-state index contributed by atoms with van der Waals surface area (Å²) in [5.41, 5.74) is 0.988. The van der Waals surface area contributed by atoms with Gasteiger partial charge in [-0.3, -0.25) is 4.79 Å². The molecule has 0 unspecified atom stereocenters. The second kappa shape index (κ2) is 7.48. The van der Waals surface area contributed by atoms with Gasteiger partial charge < -0.3 is 10.2 Å². The molecule has 19 heavy (non-hydrogen) atoms. The molecule has 1 amide bonds. The Morgan fingerprint density at radius 2 is 2.32 bits per heavy atom. The Labute approximate surface area is 133 Å². The van der Waals surface area contributed by atoms with Crippen LogP contribution in [-0.2, 0) is 11.2 Å². The van der Waals surface area contributed by atoms with E-state index in [1.54, 1.807) is 0 Å². The van der Waals surface area contributed by atoms with Crippen molar-refractivity contribution >= 4 is 45.8 Å². The molecule has 0 aliphatic carbocycles. The normalized spacial score (nSPS) is 18.9. The van der Waals surface area contributed by atoms with Crippen LogP contribution in [0.4, 0.5) is 0 Å². The van der Waals surface area contributed by atoms with E-state index in [0.717, 1.165) is 29.7 Å². The van der Waals surface area contributed by atoms with Crippen LogP contribution in [0.2, 0.25) is 5.02 Å². The van der Waals surface area contributed by atoms with Crippen LogP contribution >= 0.6 is 39.9 Å². The van der Waals surface area contributed by atoms with E-state index in [1.807, 2.05) is 23.1 Å². The van der Waals surface area contributed by atoms with E-state index in [1.165, 1.54) is 0 Å². The average Bonchev–Trinajstić information content (AvgIpc) is 2.34. The molecule has 0 bridgehead atoms. The molecule has 1 aliphatic heterocycles. The Hall–Kier alpha value is -0.290. The Balaban J connectivity index is 0.00000180. The molecule has 1 atom stereocenters. The second-order valence-electron chi connectivity index (χ2n) is 4.62. The zero-order valence-electron chi connectivity index (χ0n) is 10.7. The van der Waals surface area contributed by atoms with E-state index in [0.29, 0.717) is 17.5 Å². The van der Waals surface area contributed by atoms with Gasteiger partial charge in [-0.1, -0.05) is 17.7 Å². The van der Waals surface area contributed by atoms with Gasteiger partial charge in [-0.2, -0.15) is 0 Å². The number of nitrogens with zero attached hydrogens (tertiary/aromatic N) is 1. The number of carbonyl (C=O) groups excluding carboxylic acids is 1. The van der Waals surface area contributed by atoms with E-state index in [2.05, 4.69) is 28.2 Å². The molecule has 1 aromatic carbocycles. The van der Waals surface area contributed by atoms with Gasteiger partial charge in [0, 0.05) is 30.1 Å². The van der Waals surface area contributed by atoms with Crippen LogP contribution in [0.25, 0.3) is 0 Å². The minimum Gasteiger partial charge on any atom is -0.340 e. The number of hydrogen-bond donors (Lipinski definition) is 1. The summed E-state index contributed by atoms with van der Waals surface area (Å²) in [6.45, 7) is 4.54. The predicted molar refractivity (Wildman–Crippen MR) is 84.1 cm³/mol. The number of amides is 1. The Bertz CT molecular complexity index is 456. The van der Waals surface area contributed by atoms with Gasteiger partial charge in [0.25, 0.3) is 0 Å². The molecule has 0 radical (unpaired) electrons. The lowest BCUT2D eigenvalue weighted by molar-refractivity contribution is -0.131. The van der Waals surface area contributed by atoms with Gasteiger partial charge in [-0.05, 0) is 40.5 Å². The van der Waals surface area contributed by atoms with Crippen molar-refractivity contribution in [3.8, 4) is 0 Å². The maximum atomic E-state index is 12.2. The average molecular weight is 368 g/mol. The molecular weight excluding hydrogens is 351 g/mol. The van der Waals surface area contributed by atoms with Gasteiger partial charge in [-0.15, -0.1) is 12.4 Å². The molecular formula is C13H17BrCl2N2O. The van der Waals surface area contributed by atoms with E-state index >= 15 is 0 Å². The van der Waals surface area contributed by atoms with Gasteiger partial charge in [0.1, 0.15) is 0 Å². The summed E-state index contributed by atoms with van der Waals surface area (Å²) >= 11 is 9.31. The standard InChI is InChI=1S/C13H16BrClN2O.ClH/c1-9-8-17(5-4-16-9)13(18)7-10-2-3-12(15)11(14)6-10;/h2-3,6,9,16H,4-5,7-8H2,1H3;1H/t9-;/m1./s1. The third kappa shape index (κ3) is 4.63. The molecule has 1 N–H and O–H groups in total. The zero-order valence-corrected chi connectivity index (χ0v) is 13.8. The number of hydrogen-bond acceptors (Lipinski definition) is 2. The third-order valence-electron chi connectivity index (χ3n) is 3.06. The fourth-order valence-electron chi connectivity index (χ4n) is 2.09. The molecule has 106 valence electrons. The Kier molecular flexibility index (Phi) is 6.60. The van der Waals surface area contributed by atoms with Gasteiger partial charge in [0.05, 0.1) is 11.4 Å². The maximum Gasteiger partial charge on any atom is 0.227 e. The first kappa shape index (κ1) is 16.8. The van der Waals surface area contributed by atoms with Crippen molar-refractivity contribution in [1.29, 1.82) is 0 Å². The van der Waals surface area contributed by atoms with Crippen molar-refractivity contribution in [2.75, 3.05) is 19.6 Å². The third-order valence-corrected chi connectivity index (χ3v) is 4.27. The summed E-state index contributed by atoms with van der Waals surface area (Å²) in [5, 5.41) is 4.00. The molecule has 1 fully saturated rings. The lowest BCUT2D eigenvalue weighted by Crippen LogP contribution is -2.51. The van der Waals surface area contributed by atoms with E-state index in [-0.39, 0.29) is 18.3 Å². The highest BCUT2D eigenvalue weighted by atomic mass is 79.9. The largest absolute Gasteiger partial charge is 0.340 e. The minimum absolute atomic E-state index is 0.